The van der Waals surface area contributed by atoms with Crippen molar-refractivity contribution in [2.45, 2.75) is 219 Å². The predicted octanol–water partition coefficient (Wildman–Crippen LogP) is 15.2. The quantitative estimate of drug-likeness (QED) is 0.0540. The van der Waals surface area contributed by atoms with Gasteiger partial charge in [-0.2, -0.15) is 0 Å². The summed E-state index contributed by atoms with van der Waals surface area (Å²) in [6, 6.07) is 0. The molecular weight excluding hydrogens is 487 g/mol. The van der Waals surface area contributed by atoms with Crippen LogP contribution in [-0.4, -0.2) is 0 Å². The number of allylic oxidation sites excluding steroid dienone is 2. The highest BCUT2D eigenvalue weighted by Gasteiger charge is 1.95. The SMILES string of the molecule is CCCCCCCCCCCCCCCCC/C=C/P/C=C/CCCCCCCCCCCCCCCCC. The summed E-state index contributed by atoms with van der Waals surface area (Å²) in [7, 11) is 0.893. The van der Waals surface area contributed by atoms with E-state index < -0.39 is 0 Å². The van der Waals surface area contributed by atoms with E-state index in [-0.39, 0.29) is 0 Å². The molecule has 0 nitrogen and oxygen atoms in total. The lowest BCUT2D eigenvalue weighted by Gasteiger charge is -2.03. The smallest absolute Gasteiger partial charge is 0.0347 e. The lowest BCUT2D eigenvalue weighted by molar-refractivity contribution is 0.533. The van der Waals surface area contributed by atoms with Crippen molar-refractivity contribution >= 4 is 8.58 Å². The Morgan fingerprint density at radius 2 is 0.487 bits per heavy atom. The molecule has 0 aliphatic heterocycles. The third kappa shape index (κ3) is 37.9. The van der Waals surface area contributed by atoms with E-state index >= 15 is 0 Å². The van der Waals surface area contributed by atoms with Crippen molar-refractivity contribution in [2.75, 3.05) is 0 Å². The molecule has 0 aliphatic carbocycles. The van der Waals surface area contributed by atoms with Crippen LogP contribution in [0.5, 0.6) is 0 Å². The molecule has 0 aromatic heterocycles. The minimum absolute atomic E-state index is 0.893. The molecule has 0 saturated carbocycles. The van der Waals surface area contributed by atoms with Gasteiger partial charge in [-0.05, 0) is 25.7 Å². The zero-order chi connectivity index (χ0) is 28.2. The van der Waals surface area contributed by atoms with Gasteiger partial charge in [-0.15, -0.1) is 0 Å². The van der Waals surface area contributed by atoms with Crippen molar-refractivity contribution < 1.29 is 0 Å². The first-order valence-electron chi connectivity index (χ1n) is 18.5. The zero-order valence-corrected chi connectivity index (χ0v) is 28.4. The van der Waals surface area contributed by atoms with Crippen LogP contribution in [0.3, 0.4) is 0 Å². The summed E-state index contributed by atoms with van der Waals surface area (Å²) in [6.45, 7) is 4.61. The molecule has 0 bridgehead atoms. The summed E-state index contributed by atoms with van der Waals surface area (Å²) in [4.78, 5) is 0. The van der Waals surface area contributed by atoms with Crippen LogP contribution in [0.15, 0.2) is 23.8 Å². The first-order chi connectivity index (χ1) is 19.4. The second-order valence-electron chi connectivity index (χ2n) is 12.4. The van der Waals surface area contributed by atoms with Crippen LogP contribution in [0.4, 0.5) is 0 Å². The highest BCUT2D eigenvalue weighted by Crippen LogP contribution is 2.18. The number of unbranched alkanes of at least 4 members (excludes halogenated alkanes) is 30. The minimum Gasteiger partial charge on any atom is -0.0840 e. The molecule has 0 radical (unpaired) electrons. The third-order valence-corrected chi connectivity index (χ3v) is 9.23. The van der Waals surface area contributed by atoms with Crippen molar-refractivity contribution in [3.05, 3.63) is 23.8 Å². The van der Waals surface area contributed by atoms with E-state index in [0.717, 1.165) is 8.58 Å². The Balaban J connectivity index is 3.14. The van der Waals surface area contributed by atoms with E-state index in [1.54, 1.807) is 0 Å². The van der Waals surface area contributed by atoms with Crippen LogP contribution in [0, 0.1) is 0 Å². The topological polar surface area (TPSA) is 0 Å². The second-order valence-corrected chi connectivity index (χ2v) is 13.4. The fraction of sp³-hybridized carbons (Fsp3) is 0.895. The van der Waals surface area contributed by atoms with Gasteiger partial charge in [0.05, 0.1) is 0 Å². The van der Waals surface area contributed by atoms with E-state index in [2.05, 4.69) is 37.6 Å². The average Bonchev–Trinajstić information content (AvgIpc) is 2.95. The largest absolute Gasteiger partial charge is 0.0840 e. The summed E-state index contributed by atoms with van der Waals surface area (Å²) in [6.07, 6.45) is 51.1. The molecule has 0 aromatic carbocycles. The molecule has 232 valence electrons. The summed E-state index contributed by atoms with van der Waals surface area (Å²) in [5.74, 6) is 4.82. The Morgan fingerprint density at radius 3 is 0.718 bits per heavy atom. The molecular formula is C38H75P. The van der Waals surface area contributed by atoms with Crippen molar-refractivity contribution in [3.63, 3.8) is 0 Å². The molecule has 0 atom stereocenters. The highest BCUT2D eigenvalue weighted by atomic mass is 31.1. The fourth-order valence-electron chi connectivity index (χ4n) is 5.63. The first-order valence-corrected chi connectivity index (χ1v) is 19.6. The van der Waals surface area contributed by atoms with E-state index in [1.165, 1.54) is 205 Å². The molecule has 0 fully saturated rings. The van der Waals surface area contributed by atoms with Crippen LogP contribution < -0.4 is 0 Å². The van der Waals surface area contributed by atoms with Crippen molar-refractivity contribution in [3.8, 4) is 0 Å². The van der Waals surface area contributed by atoms with E-state index in [9.17, 15) is 0 Å². The van der Waals surface area contributed by atoms with Gasteiger partial charge in [0.15, 0.2) is 0 Å². The van der Waals surface area contributed by atoms with Crippen molar-refractivity contribution in [1.29, 1.82) is 0 Å². The Labute approximate surface area is 251 Å². The van der Waals surface area contributed by atoms with Gasteiger partial charge in [-0.25, -0.2) is 0 Å². The van der Waals surface area contributed by atoms with Crippen molar-refractivity contribution in [1.82, 2.24) is 0 Å². The van der Waals surface area contributed by atoms with Crippen LogP contribution in [0.25, 0.3) is 0 Å². The fourth-order valence-corrected chi connectivity index (χ4v) is 6.34. The minimum atomic E-state index is 0.893. The molecule has 0 rings (SSSR count). The van der Waals surface area contributed by atoms with Gasteiger partial charge in [0.2, 0.25) is 0 Å². The van der Waals surface area contributed by atoms with Gasteiger partial charge in [-0.3, -0.25) is 0 Å². The van der Waals surface area contributed by atoms with Gasteiger partial charge in [0.25, 0.3) is 0 Å². The van der Waals surface area contributed by atoms with Crippen LogP contribution in [-0.2, 0) is 0 Å². The van der Waals surface area contributed by atoms with Crippen LogP contribution >= 0.6 is 8.58 Å². The average molecular weight is 563 g/mol. The lowest BCUT2D eigenvalue weighted by atomic mass is 10.0. The Morgan fingerprint density at radius 1 is 0.282 bits per heavy atom. The molecule has 0 aliphatic rings. The third-order valence-electron chi connectivity index (χ3n) is 8.38. The summed E-state index contributed by atoms with van der Waals surface area (Å²) in [5.41, 5.74) is 0. The normalized spacial score (nSPS) is 11.9. The maximum atomic E-state index is 2.43. The van der Waals surface area contributed by atoms with Gasteiger partial charge >= 0.3 is 0 Å². The lowest BCUT2D eigenvalue weighted by Crippen LogP contribution is -1.83. The van der Waals surface area contributed by atoms with Crippen LogP contribution in [0.1, 0.15) is 219 Å². The van der Waals surface area contributed by atoms with Gasteiger partial charge < -0.3 is 0 Å². The monoisotopic (exact) mass is 563 g/mol. The van der Waals surface area contributed by atoms with Gasteiger partial charge in [0.1, 0.15) is 0 Å². The molecule has 0 unspecified atom stereocenters. The second kappa shape index (κ2) is 37.9. The number of hydrogen-bond acceptors (Lipinski definition) is 0. The summed E-state index contributed by atoms with van der Waals surface area (Å²) >= 11 is 0. The van der Waals surface area contributed by atoms with Crippen molar-refractivity contribution in [2.24, 2.45) is 0 Å². The van der Waals surface area contributed by atoms with E-state index in [1.807, 2.05) is 0 Å². The Bertz CT molecular complexity index is 423. The molecule has 1 heteroatoms. The number of rotatable bonds is 34. The summed E-state index contributed by atoms with van der Waals surface area (Å²) < 4.78 is 0. The molecule has 0 saturated heterocycles. The zero-order valence-electron chi connectivity index (χ0n) is 27.4. The van der Waals surface area contributed by atoms with Crippen LogP contribution in [0.2, 0.25) is 0 Å². The maximum absolute atomic E-state index is 2.43. The highest BCUT2D eigenvalue weighted by molar-refractivity contribution is 7.45. The molecule has 0 heterocycles. The molecule has 0 aromatic rings. The van der Waals surface area contributed by atoms with Gasteiger partial charge in [0, 0.05) is 0 Å². The maximum Gasteiger partial charge on any atom is -0.0347 e. The molecule has 0 N–H and O–H groups in total. The molecule has 39 heavy (non-hydrogen) atoms. The summed E-state index contributed by atoms with van der Waals surface area (Å²) in [5, 5.41) is 0. The predicted molar refractivity (Wildman–Crippen MR) is 186 cm³/mol. The number of hydrogen-bond donors (Lipinski definition) is 0. The van der Waals surface area contributed by atoms with E-state index in [0.29, 0.717) is 0 Å². The van der Waals surface area contributed by atoms with E-state index in [4.69, 9.17) is 0 Å². The standard InChI is InChI=1S/C38H75P/c1-3-5-7-9-11-13-15-17-19-21-23-25-27-29-31-33-35-37-39-38-36-34-32-30-28-26-24-22-20-18-16-14-12-10-8-6-4-2/h35-39H,3-34H2,1-2H3/b37-35+,38-36+. The molecule has 0 amide bonds. The Hall–Kier alpha value is -0.0900. The molecule has 0 spiro atoms. The van der Waals surface area contributed by atoms with Gasteiger partial charge in [-0.1, -0.05) is 226 Å². The Kier molecular flexibility index (Phi) is 37.8. The first kappa shape index (κ1) is 38.9.